The van der Waals surface area contributed by atoms with Crippen LogP contribution in [0.2, 0.25) is 5.02 Å². The van der Waals surface area contributed by atoms with Gasteiger partial charge in [-0.25, -0.2) is 0 Å². The van der Waals surface area contributed by atoms with Crippen LogP contribution in [0.25, 0.3) is 0 Å². The quantitative estimate of drug-likeness (QED) is 0.850. The molecule has 0 spiro atoms. The summed E-state index contributed by atoms with van der Waals surface area (Å²) in [5.41, 5.74) is 0.519. The molecule has 1 aromatic rings. The second-order valence-corrected chi connectivity index (χ2v) is 7.72. The minimum atomic E-state index is -0.125. The normalized spacial score (nSPS) is 20.1. The number of carbonyl (C=O) groups excluding carboxylic acids is 2. The van der Waals surface area contributed by atoms with E-state index in [1.54, 1.807) is 12.1 Å². The van der Waals surface area contributed by atoms with Crippen LogP contribution in [-0.4, -0.2) is 61.1 Å². The Morgan fingerprint density at radius 1 is 1.07 bits per heavy atom. The van der Waals surface area contributed by atoms with Crippen molar-refractivity contribution in [2.75, 3.05) is 44.8 Å². The number of likely N-dealkylation sites (tertiary alicyclic amines) is 2. The van der Waals surface area contributed by atoms with Crippen LogP contribution in [0.4, 0.5) is 5.69 Å². The van der Waals surface area contributed by atoms with Crippen LogP contribution in [0.3, 0.4) is 0 Å². The first kappa shape index (κ1) is 18.4. The summed E-state index contributed by atoms with van der Waals surface area (Å²) in [6.07, 6.45) is 3.86. The van der Waals surface area contributed by atoms with Crippen molar-refractivity contribution in [3.63, 3.8) is 0 Å². The summed E-state index contributed by atoms with van der Waals surface area (Å²) in [5, 5.41) is 3.26. The number of halogens is 1. The second kappa shape index (κ2) is 7.94. The molecule has 2 amide bonds. The Balaban J connectivity index is 1.27. The summed E-state index contributed by atoms with van der Waals surface area (Å²) in [6, 6.07) is 3.33. The van der Waals surface area contributed by atoms with E-state index in [1.807, 2.05) is 4.90 Å². The van der Waals surface area contributed by atoms with Crippen LogP contribution >= 0.6 is 11.6 Å². The fraction of sp³-hybridized carbons (Fsp3) is 0.579. The molecule has 2 fully saturated rings. The van der Waals surface area contributed by atoms with Gasteiger partial charge < -0.3 is 19.7 Å². The number of benzene rings is 1. The van der Waals surface area contributed by atoms with Crippen molar-refractivity contribution in [2.45, 2.75) is 25.7 Å². The van der Waals surface area contributed by atoms with Crippen LogP contribution in [-0.2, 0) is 9.59 Å². The number of hydrogen-bond acceptors (Lipinski definition) is 5. The van der Waals surface area contributed by atoms with E-state index < -0.39 is 0 Å². The number of piperidine rings is 1. The molecule has 146 valence electrons. The zero-order valence-electron chi connectivity index (χ0n) is 15.2. The molecule has 0 aromatic heterocycles. The lowest BCUT2D eigenvalue weighted by Gasteiger charge is -2.32. The molecule has 0 bridgehead atoms. The third-order valence-corrected chi connectivity index (χ3v) is 5.77. The number of carbonyl (C=O) groups is 2. The van der Waals surface area contributed by atoms with Gasteiger partial charge in [-0.1, -0.05) is 11.6 Å². The van der Waals surface area contributed by atoms with Gasteiger partial charge in [-0.15, -0.1) is 0 Å². The molecule has 2 saturated heterocycles. The van der Waals surface area contributed by atoms with Crippen LogP contribution in [0.1, 0.15) is 25.7 Å². The molecule has 3 aliphatic rings. The number of anilines is 1. The smallest absolute Gasteiger partial charge is 0.238 e. The highest BCUT2D eigenvalue weighted by molar-refractivity contribution is 6.34. The first-order valence-corrected chi connectivity index (χ1v) is 9.88. The number of ether oxygens (including phenoxy) is 2. The maximum absolute atomic E-state index is 12.5. The molecule has 4 rings (SSSR count). The Morgan fingerprint density at radius 2 is 1.74 bits per heavy atom. The summed E-state index contributed by atoms with van der Waals surface area (Å²) >= 11 is 6.20. The van der Waals surface area contributed by atoms with Crippen molar-refractivity contribution >= 4 is 29.1 Å². The average molecular weight is 394 g/mol. The van der Waals surface area contributed by atoms with Crippen molar-refractivity contribution in [3.05, 3.63) is 17.2 Å². The standard InChI is InChI=1S/C19H24ClN3O4/c20-14-9-16-17(27-12-26-16)10-15(14)21-18(24)11-22-7-3-13(4-8-22)19(25)23-5-1-2-6-23/h9-10,13H,1-8,11-12H2,(H,21,24). The molecule has 0 unspecified atom stereocenters. The molecule has 1 N–H and O–H groups in total. The molecule has 0 aliphatic carbocycles. The van der Waals surface area contributed by atoms with Gasteiger partial charge in [-0.2, -0.15) is 0 Å². The first-order chi connectivity index (χ1) is 13.1. The van der Waals surface area contributed by atoms with Crippen LogP contribution in [0.15, 0.2) is 12.1 Å². The number of nitrogens with zero attached hydrogens (tertiary/aromatic N) is 2. The minimum absolute atomic E-state index is 0.103. The molecule has 3 aliphatic heterocycles. The molecule has 7 nitrogen and oxygen atoms in total. The fourth-order valence-electron chi connectivity index (χ4n) is 3.94. The van der Waals surface area contributed by atoms with Crippen molar-refractivity contribution < 1.29 is 19.1 Å². The molecule has 27 heavy (non-hydrogen) atoms. The molecule has 3 heterocycles. The van der Waals surface area contributed by atoms with Crippen molar-refractivity contribution in [1.29, 1.82) is 0 Å². The van der Waals surface area contributed by atoms with Gasteiger partial charge in [0, 0.05) is 31.1 Å². The van der Waals surface area contributed by atoms with Crippen LogP contribution in [0, 0.1) is 5.92 Å². The van der Waals surface area contributed by atoms with Crippen molar-refractivity contribution in [1.82, 2.24) is 9.80 Å². The molecule has 8 heteroatoms. The van der Waals surface area contributed by atoms with Crippen LogP contribution < -0.4 is 14.8 Å². The van der Waals surface area contributed by atoms with E-state index in [4.69, 9.17) is 21.1 Å². The van der Waals surface area contributed by atoms with Gasteiger partial charge in [0.15, 0.2) is 11.5 Å². The first-order valence-electron chi connectivity index (χ1n) is 9.50. The fourth-order valence-corrected chi connectivity index (χ4v) is 4.14. The monoisotopic (exact) mass is 393 g/mol. The Morgan fingerprint density at radius 3 is 2.44 bits per heavy atom. The van der Waals surface area contributed by atoms with E-state index in [2.05, 4.69) is 10.2 Å². The zero-order valence-corrected chi connectivity index (χ0v) is 16.0. The van der Waals surface area contributed by atoms with Gasteiger partial charge in [0.05, 0.1) is 17.3 Å². The summed E-state index contributed by atoms with van der Waals surface area (Å²) in [5.74, 6) is 1.44. The number of hydrogen-bond donors (Lipinski definition) is 1. The summed E-state index contributed by atoms with van der Waals surface area (Å²) < 4.78 is 10.6. The molecule has 0 saturated carbocycles. The summed E-state index contributed by atoms with van der Waals surface area (Å²) in [6.45, 7) is 3.76. The predicted molar refractivity (Wildman–Crippen MR) is 101 cm³/mol. The van der Waals surface area contributed by atoms with Crippen molar-refractivity contribution in [2.24, 2.45) is 5.92 Å². The lowest BCUT2D eigenvalue weighted by atomic mass is 9.95. The van der Waals surface area contributed by atoms with Gasteiger partial charge in [0.25, 0.3) is 0 Å². The van der Waals surface area contributed by atoms with E-state index in [0.717, 1.165) is 51.9 Å². The molecule has 0 radical (unpaired) electrons. The van der Waals surface area contributed by atoms with Gasteiger partial charge >= 0.3 is 0 Å². The highest BCUT2D eigenvalue weighted by Gasteiger charge is 2.30. The number of nitrogens with one attached hydrogen (secondary N) is 1. The SMILES string of the molecule is O=C(CN1CCC(C(=O)N2CCCC2)CC1)Nc1cc2c(cc1Cl)OCO2. The third-order valence-electron chi connectivity index (χ3n) is 5.46. The molecular formula is C19H24ClN3O4. The topological polar surface area (TPSA) is 71.1 Å². The largest absolute Gasteiger partial charge is 0.454 e. The number of rotatable bonds is 4. The summed E-state index contributed by atoms with van der Waals surface area (Å²) in [7, 11) is 0. The second-order valence-electron chi connectivity index (χ2n) is 7.32. The number of fused-ring (bicyclic) bond motifs is 1. The van der Waals surface area contributed by atoms with Crippen molar-refractivity contribution in [3.8, 4) is 11.5 Å². The van der Waals surface area contributed by atoms with E-state index in [9.17, 15) is 9.59 Å². The lowest BCUT2D eigenvalue weighted by Crippen LogP contribution is -2.43. The predicted octanol–water partition coefficient (Wildman–Crippen LogP) is 2.34. The highest BCUT2D eigenvalue weighted by atomic mass is 35.5. The maximum atomic E-state index is 12.5. The molecule has 0 atom stereocenters. The number of amides is 2. The average Bonchev–Trinajstić information content (AvgIpc) is 3.33. The van der Waals surface area contributed by atoms with Gasteiger partial charge in [-0.05, 0) is 38.8 Å². The zero-order chi connectivity index (χ0) is 18.8. The van der Waals surface area contributed by atoms with E-state index in [1.165, 1.54) is 0 Å². The molecular weight excluding hydrogens is 370 g/mol. The highest BCUT2D eigenvalue weighted by Crippen LogP contribution is 2.39. The van der Waals surface area contributed by atoms with Gasteiger partial charge in [0.2, 0.25) is 18.6 Å². The lowest BCUT2D eigenvalue weighted by molar-refractivity contribution is -0.136. The van der Waals surface area contributed by atoms with E-state index >= 15 is 0 Å². The summed E-state index contributed by atoms with van der Waals surface area (Å²) in [4.78, 5) is 29.0. The molecule has 1 aromatic carbocycles. The Labute approximate surface area is 163 Å². The van der Waals surface area contributed by atoms with Crippen LogP contribution in [0.5, 0.6) is 11.5 Å². The Hall–Kier alpha value is -1.99. The van der Waals surface area contributed by atoms with E-state index in [-0.39, 0.29) is 25.2 Å². The van der Waals surface area contributed by atoms with Gasteiger partial charge in [-0.3, -0.25) is 14.5 Å². The van der Waals surface area contributed by atoms with E-state index in [0.29, 0.717) is 28.1 Å². The Bertz CT molecular complexity index is 728. The Kier molecular flexibility index (Phi) is 5.41. The van der Waals surface area contributed by atoms with Gasteiger partial charge in [0.1, 0.15) is 0 Å². The minimum Gasteiger partial charge on any atom is -0.454 e. The maximum Gasteiger partial charge on any atom is 0.238 e. The third kappa shape index (κ3) is 4.14.